The quantitative estimate of drug-likeness (QED) is 0.454. The summed E-state index contributed by atoms with van der Waals surface area (Å²) in [5.74, 6) is 0.909. The lowest BCUT2D eigenvalue weighted by atomic mass is 9.65. The highest BCUT2D eigenvalue weighted by atomic mass is 16.6. The molecule has 0 unspecified atom stereocenters. The van der Waals surface area contributed by atoms with Gasteiger partial charge in [0.2, 0.25) is 0 Å². The van der Waals surface area contributed by atoms with E-state index < -0.39 is 5.60 Å². The predicted octanol–water partition coefficient (Wildman–Crippen LogP) is 6.23. The van der Waals surface area contributed by atoms with Crippen molar-refractivity contribution < 1.29 is 19.1 Å². The average Bonchev–Trinajstić information content (AvgIpc) is 2.73. The van der Waals surface area contributed by atoms with Gasteiger partial charge in [-0.05, 0) is 83.0 Å². The number of Topliss-reactive ketones (excluding diaryl/α,β-unsaturated/α-hetero) is 2. The topological polar surface area (TPSA) is 63.7 Å². The van der Waals surface area contributed by atoms with Crippen molar-refractivity contribution in [2.45, 2.75) is 123 Å². The molecule has 2 spiro atoms. The first-order chi connectivity index (χ1) is 14.6. The van der Waals surface area contributed by atoms with Gasteiger partial charge in [-0.1, -0.05) is 19.3 Å². The van der Waals surface area contributed by atoms with Crippen molar-refractivity contribution in [1.82, 2.24) is 4.90 Å². The molecule has 0 N–H and O–H groups in total. The van der Waals surface area contributed by atoms with Crippen LogP contribution in [-0.2, 0) is 14.3 Å². The molecule has 4 rings (SSSR count). The molecule has 5 heteroatoms. The highest BCUT2D eigenvalue weighted by molar-refractivity contribution is 5.79. The van der Waals surface area contributed by atoms with Crippen LogP contribution in [0.2, 0.25) is 0 Å². The molecule has 4 fully saturated rings. The fraction of sp³-hybridized carbons (Fsp3) is 0.885. The molecule has 1 heterocycles. The van der Waals surface area contributed by atoms with Crippen molar-refractivity contribution in [3.05, 3.63) is 0 Å². The van der Waals surface area contributed by atoms with Crippen LogP contribution in [0.5, 0.6) is 0 Å². The largest absolute Gasteiger partial charge is 0.444 e. The zero-order chi connectivity index (χ0) is 22.5. The van der Waals surface area contributed by atoms with Crippen LogP contribution in [-0.4, -0.2) is 41.3 Å². The van der Waals surface area contributed by atoms with Gasteiger partial charge in [-0.2, -0.15) is 0 Å². The number of hydrogen-bond donors (Lipinski definition) is 0. The van der Waals surface area contributed by atoms with Crippen LogP contribution in [0.1, 0.15) is 117 Å². The fourth-order valence-corrected chi connectivity index (χ4v) is 5.91. The molecule has 1 aliphatic heterocycles. The first kappa shape index (κ1) is 24.3. The van der Waals surface area contributed by atoms with E-state index in [0.29, 0.717) is 22.4 Å². The zero-order valence-corrected chi connectivity index (χ0v) is 20.1. The molecule has 1 saturated heterocycles. The number of nitrogens with zero attached hydrogens (tertiary/aromatic N) is 1. The number of carbonyl (C=O) groups excluding carboxylic acids is 3. The number of hydrogen-bond acceptors (Lipinski definition) is 4. The molecule has 4 aliphatic rings. The lowest BCUT2D eigenvalue weighted by Crippen LogP contribution is -2.46. The Morgan fingerprint density at radius 2 is 1.13 bits per heavy atom. The number of rotatable bonds is 0. The van der Waals surface area contributed by atoms with Crippen LogP contribution in [0.15, 0.2) is 0 Å². The Balaban J connectivity index is 0.000000194. The fourth-order valence-electron chi connectivity index (χ4n) is 5.91. The summed E-state index contributed by atoms with van der Waals surface area (Å²) >= 11 is 0. The molecule has 176 valence electrons. The van der Waals surface area contributed by atoms with Crippen LogP contribution in [0, 0.1) is 10.8 Å². The molecule has 0 aromatic carbocycles. The van der Waals surface area contributed by atoms with Gasteiger partial charge < -0.3 is 9.64 Å². The van der Waals surface area contributed by atoms with Crippen molar-refractivity contribution in [3.8, 4) is 0 Å². The normalized spacial score (nSPS) is 25.7. The van der Waals surface area contributed by atoms with Gasteiger partial charge in [0.05, 0.1) is 0 Å². The lowest BCUT2D eigenvalue weighted by Gasteiger charge is -2.43. The molecule has 0 bridgehead atoms. The maximum atomic E-state index is 12.0. The molecule has 0 aromatic rings. The first-order valence-corrected chi connectivity index (χ1v) is 12.6. The van der Waals surface area contributed by atoms with Gasteiger partial charge in [0.25, 0.3) is 0 Å². The summed E-state index contributed by atoms with van der Waals surface area (Å²) in [5.41, 5.74) is 0.502. The first-order valence-electron chi connectivity index (χ1n) is 12.6. The molecule has 3 saturated carbocycles. The minimum atomic E-state index is -0.427. The molecule has 3 aliphatic carbocycles. The third kappa shape index (κ3) is 7.05. The third-order valence-electron chi connectivity index (χ3n) is 8.13. The molecule has 5 nitrogen and oxygen atoms in total. The zero-order valence-electron chi connectivity index (χ0n) is 20.1. The number of carbonyl (C=O) groups is 3. The molecule has 0 atom stereocenters. The van der Waals surface area contributed by atoms with Crippen molar-refractivity contribution in [3.63, 3.8) is 0 Å². The summed E-state index contributed by atoms with van der Waals surface area (Å²) in [6.45, 7) is 7.21. The predicted molar refractivity (Wildman–Crippen MR) is 122 cm³/mol. The van der Waals surface area contributed by atoms with E-state index in [-0.39, 0.29) is 6.09 Å². The van der Waals surface area contributed by atoms with E-state index >= 15 is 0 Å². The highest BCUT2D eigenvalue weighted by Crippen LogP contribution is 2.46. The van der Waals surface area contributed by atoms with Gasteiger partial charge in [0.15, 0.2) is 0 Å². The summed E-state index contributed by atoms with van der Waals surface area (Å²) in [7, 11) is 0. The summed E-state index contributed by atoms with van der Waals surface area (Å²) < 4.78 is 5.40. The second-order valence-electron chi connectivity index (χ2n) is 11.6. The molecular formula is C26H43NO4. The number of amides is 1. The van der Waals surface area contributed by atoms with Crippen molar-refractivity contribution in [2.24, 2.45) is 10.8 Å². The van der Waals surface area contributed by atoms with E-state index in [1.807, 2.05) is 25.7 Å². The Bertz CT molecular complexity index is 625. The Kier molecular flexibility index (Phi) is 7.86. The SMILES string of the molecule is CC(C)(C)OC(=O)N1CCC2(CCC(=O)CC2)CC1.O=C1CCC2(CCCCC2)CC1. The second-order valence-corrected chi connectivity index (χ2v) is 11.6. The van der Waals surface area contributed by atoms with Gasteiger partial charge in [-0.25, -0.2) is 4.79 Å². The van der Waals surface area contributed by atoms with Gasteiger partial charge in [0.1, 0.15) is 17.2 Å². The monoisotopic (exact) mass is 433 g/mol. The van der Waals surface area contributed by atoms with Crippen molar-refractivity contribution in [2.75, 3.05) is 13.1 Å². The van der Waals surface area contributed by atoms with Crippen molar-refractivity contribution in [1.29, 1.82) is 0 Å². The Labute approximate surface area is 188 Å². The van der Waals surface area contributed by atoms with Crippen molar-refractivity contribution >= 4 is 17.7 Å². The van der Waals surface area contributed by atoms with Gasteiger partial charge in [0, 0.05) is 38.8 Å². The van der Waals surface area contributed by atoms with E-state index in [4.69, 9.17) is 4.74 Å². The second kappa shape index (κ2) is 10.0. The molecule has 31 heavy (non-hydrogen) atoms. The van der Waals surface area contributed by atoms with Crippen LogP contribution in [0.25, 0.3) is 0 Å². The number of ketones is 2. The Hall–Kier alpha value is -1.39. The summed E-state index contributed by atoms with van der Waals surface area (Å²) in [5, 5.41) is 0. The summed E-state index contributed by atoms with van der Waals surface area (Å²) in [4.78, 5) is 36.2. The maximum absolute atomic E-state index is 12.0. The standard InChI is InChI=1S/C15H25NO3.C11H18O/c1-14(2,3)19-13(18)16-10-8-15(9-11-16)6-4-12(17)5-7-15;12-10-4-8-11(9-5-10)6-2-1-3-7-11/h4-11H2,1-3H3;1-9H2. The van der Waals surface area contributed by atoms with E-state index in [9.17, 15) is 14.4 Å². The van der Waals surface area contributed by atoms with E-state index in [1.165, 1.54) is 44.9 Å². The van der Waals surface area contributed by atoms with E-state index in [1.54, 1.807) is 0 Å². The van der Waals surface area contributed by atoms with Crippen LogP contribution in [0.4, 0.5) is 4.79 Å². The minimum absolute atomic E-state index is 0.200. The molecular weight excluding hydrogens is 390 g/mol. The minimum Gasteiger partial charge on any atom is -0.444 e. The van der Waals surface area contributed by atoms with Gasteiger partial charge in [-0.15, -0.1) is 0 Å². The van der Waals surface area contributed by atoms with Crippen LogP contribution < -0.4 is 0 Å². The number of piperidine rings is 1. The third-order valence-corrected chi connectivity index (χ3v) is 8.13. The number of likely N-dealkylation sites (tertiary alicyclic amines) is 1. The van der Waals surface area contributed by atoms with Gasteiger partial charge >= 0.3 is 6.09 Å². The van der Waals surface area contributed by atoms with E-state index in [0.717, 1.165) is 64.5 Å². The summed E-state index contributed by atoms with van der Waals surface area (Å²) in [6.07, 6.45) is 16.5. The smallest absolute Gasteiger partial charge is 0.410 e. The molecule has 0 aromatic heterocycles. The molecule has 1 amide bonds. The van der Waals surface area contributed by atoms with Gasteiger partial charge in [-0.3, -0.25) is 9.59 Å². The Morgan fingerprint density at radius 1 is 0.710 bits per heavy atom. The van der Waals surface area contributed by atoms with E-state index in [2.05, 4.69) is 0 Å². The summed E-state index contributed by atoms with van der Waals surface area (Å²) in [6, 6.07) is 0. The average molecular weight is 434 g/mol. The van der Waals surface area contributed by atoms with Crippen LogP contribution in [0.3, 0.4) is 0 Å². The van der Waals surface area contributed by atoms with Crippen LogP contribution >= 0.6 is 0 Å². The molecule has 0 radical (unpaired) electrons. The Morgan fingerprint density at radius 3 is 1.55 bits per heavy atom. The maximum Gasteiger partial charge on any atom is 0.410 e. The lowest BCUT2D eigenvalue weighted by molar-refractivity contribution is -0.123. The number of ether oxygens (including phenoxy) is 1. The highest BCUT2D eigenvalue weighted by Gasteiger charge is 2.39.